The summed E-state index contributed by atoms with van der Waals surface area (Å²) >= 11 is 0. The second-order valence-corrected chi connectivity index (χ2v) is 6.48. The number of methoxy groups -OCH3 is 2. The lowest BCUT2D eigenvalue weighted by Gasteiger charge is -2.38. The molecule has 0 spiro atoms. The molecule has 1 aliphatic rings. The molecule has 1 aromatic heterocycles. The normalized spacial score (nSPS) is 16.7. The Labute approximate surface area is 159 Å². The van der Waals surface area contributed by atoms with Gasteiger partial charge in [0.25, 0.3) is 0 Å². The number of hydrogen-bond acceptors (Lipinski definition) is 6. The topological polar surface area (TPSA) is 75.1 Å². The summed E-state index contributed by atoms with van der Waals surface area (Å²) in [6.45, 7) is 3.74. The van der Waals surface area contributed by atoms with E-state index in [-0.39, 0.29) is 0 Å². The number of piperazine rings is 1. The van der Waals surface area contributed by atoms with Crippen LogP contribution < -0.4 is 9.47 Å². The molecular weight excluding hydrogens is 346 g/mol. The third-order valence-electron chi connectivity index (χ3n) is 4.90. The first-order valence-electron chi connectivity index (χ1n) is 8.93. The zero-order chi connectivity index (χ0) is 19.2. The van der Waals surface area contributed by atoms with E-state index in [1.165, 1.54) is 5.56 Å². The fourth-order valence-electron chi connectivity index (χ4n) is 3.54. The van der Waals surface area contributed by atoms with Crippen LogP contribution in [0.15, 0.2) is 42.7 Å². The van der Waals surface area contributed by atoms with Crippen molar-refractivity contribution < 1.29 is 19.4 Å². The molecule has 1 aromatic carbocycles. The molecule has 7 heteroatoms. The molecule has 144 valence electrons. The van der Waals surface area contributed by atoms with Gasteiger partial charge in [-0.2, -0.15) is 0 Å². The molecule has 1 atom stereocenters. The number of carboxylic acid groups (broad SMARTS) is 1. The average molecular weight is 371 g/mol. The van der Waals surface area contributed by atoms with Crippen molar-refractivity contribution in [1.29, 1.82) is 0 Å². The molecule has 3 rings (SSSR count). The standard InChI is InChI=1S/C20H25N3O4/c1-26-16-4-3-5-17(27-2)18(16)19(20(24)25)23-12-10-22(11-13-23)14-15-6-8-21-9-7-15/h3-9,19H,10-14H2,1-2H3,(H,24,25)/t19-/m1/s1. The maximum atomic E-state index is 12.1. The lowest BCUT2D eigenvalue weighted by molar-refractivity contribution is -0.144. The molecule has 0 aliphatic carbocycles. The Bertz CT molecular complexity index is 739. The highest BCUT2D eigenvalue weighted by Gasteiger charge is 2.34. The van der Waals surface area contributed by atoms with E-state index in [0.29, 0.717) is 30.2 Å². The van der Waals surface area contributed by atoms with Gasteiger partial charge in [-0.25, -0.2) is 0 Å². The predicted octanol–water partition coefficient (Wildman–Crippen LogP) is 2.04. The fourth-order valence-corrected chi connectivity index (χ4v) is 3.54. The van der Waals surface area contributed by atoms with Crippen LogP contribution in [-0.4, -0.2) is 66.3 Å². The van der Waals surface area contributed by atoms with Crippen molar-refractivity contribution in [3.63, 3.8) is 0 Å². The minimum atomic E-state index is -0.902. The molecule has 2 aromatic rings. The van der Waals surface area contributed by atoms with Crippen LogP contribution in [0.25, 0.3) is 0 Å². The van der Waals surface area contributed by atoms with Crippen LogP contribution in [0, 0.1) is 0 Å². The summed E-state index contributed by atoms with van der Waals surface area (Å²) in [5, 5.41) is 9.95. The van der Waals surface area contributed by atoms with Gasteiger partial charge in [0.15, 0.2) is 0 Å². The van der Waals surface area contributed by atoms with Crippen molar-refractivity contribution in [2.24, 2.45) is 0 Å². The minimum Gasteiger partial charge on any atom is -0.496 e. The van der Waals surface area contributed by atoms with Crippen molar-refractivity contribution in [3.8, 4) is 11.5 Å². The summed E-state index contributed by atoms with van der Waals surface area (Å²) < 4.78 is 10.8. The van der Waals surface area contributed by atoms with Crippen LogP contribution in [-0.2, 0) is 11.3 Å². The zero-order valence-corrected chi connectivity index (χ0v) is 15.7. The molecule has 1 saturated heterocycles. The van der Waals surface area contributed by atoms with Crippen LogP contribution in [0.1, 0.15) is 17.2 Å². The van der Waals surface area contributed by atoms with E-state index in [2.05, 4.69) is 9.88 Å². The number of carboxylic acids is 1. The molecule has 7 nitrogen and oxygen atoms in total. The van der Waals surface area contributed by atoms with E-state index in [4.69, 9.17) is 9.47 Å². The number of aliphatic carboxylic acids is 1. The number of ether oxygens (including phenoxy) is 2. The Morgan fingerprint density at radius 1 is 1.07 bits per heavy atom. The first-order valence-corrected chi connectivity index (χ1v) is 8.93. The van der Waals surface area contributed by atoms with Gasteiger partial charge >= 0.3 is 5.97 Å². The molecule has 2 heterocycles. The van der Waals surface area contributed by atoms with Gasteiger partial charge in [-0.1, -0.05) is 6.07 Å². The molecule has 0 saturated carbocycles. The molecule has 0 radical (unpaired) electrons. The van der Waals surface area contributed by atoms with E-state index in [0.717, 1.165) is 19.6 Å². The monoisotopic (exact) mass is 371 g/mol. The molecule has 1 aliphatic heterocycles. The number of hydrogen-bond donors (Lipinski definition) is 1. The maximum absolute atomic E-state index is 12.1. The number of pyridine rings is 1. The molecule has 0 unspecified atom stereocenters. The summed E-state index contributed by atoms with van der Waals surface area (Å²) in [5.41, 5.74) is 1.78. The van der Waals surface area contributed by atoms with Crippen molar-refractivity contribution in [1.82, 2.24) is 14.8 Å². The fraction of sp³-hybridized carbons (Fsp3) is 0.400. The highest BCUT2D eigenvalue weighted by molar-refractivity contribution is 5.78. The van der Waals surface area contributed by atoms with Crippen LogP contribution >= 0.6 is 0 Å². The number of rotatable bonds is 7. The number of carbonyl (C=O) groups is 1. The van der Waals surface area contributed by atoms with E-state index >= 15 is 0 Å². The highest BCUT2D eigenvalue weighted by Crippen LogP contribution is 2.37. The van der Waals surface area contributed by atoms with Gasteiger partial charge in [0.1, 0.15) is 17.5 Å². The third-order valence-corrected chi connectivity index (χ3v) is 4.90. The number of aromatic nitrogens is 1. The number of nitrogens with zero attached hydrogens (tertiary/aromatic N) is 3. The Balaban J connectivity index is 1.75. The molecule has 1 N–H and O–H groups in total. The lowest BCUT2D eigenvalue weighted by Crippen LogP contribution is -2.49. The Kier molecular flexibility index (Phi) is 6.26. The summed E-state index contributed by atoms with van der Waals surface area (Å²) in [5.74, 6) is 0.155. The smallest absolute Gasteiger partial charge is 0.325 e. The predicted molar refractivity (Wildman–Crippen MR) is 101 cm³/mol. The minimum absolute atomic E-state index is 0.529. The Morgan fingerprint density at radius 2 is 1.67 bits per heavy atom. The molecular formula is C20H25N3O4. The Morgan fingerprint density at radius 3 is 2.19 bits per heavy atom. The Hall–Kier alpha value is -2.64. The van der Waals surface area contributed by atoms with Gasteiger partial charge in [-0.15, -0.1) is 0 Å². The van der Waals surface area contributed by atoms with Gasteiger partial charge in [0, 0.05) is 45.1 Å². The van der Waals surface area contributed by atoms with Gasteiger partial charge in [0.05, 0.1) is 19.8 Å². The maximum Gasteiger partial charge on any atom is 0.325 e. The second kappa shape index (κ2) is 8.83. The first kappa shape index (κ1) is 19.1. The van der Waals surface area contributed by atoms with Gasteiger partial charge in [-0.3, -0.25) is 19.6 Å². The van der Waals surface area contributed by atoms with Crippen molar-refractivity contribution in [2.45, 2.75) is 12.6 Å². The van der Waals surface area contributed by atoms with E-state index in [9.17, 15) is 9.90 Å². The van der Waals surface area contributed by atoms with Crippen molar-refractivity contribution in [3.05, 3.63) is 53.9 Å². The second-order valence-electron chi connectivity index (χ2n) is 6.48. The zero-order valence-electron chi connectivity index (χ0n) is 15.7. The van der Waals surface area contributed by atoms with Crippen molar-refractivity contribution >= 4 is 5.97 Å². The first-order chi connectivity index (χ1) is 13.1. The molecule has 1 fully saturated rings. The molecule has 0 amide bonds. The van der Waals surface area contributed by atoms with Crippen LogP contribution in [0.5, 0.6) is 11.5 Å². The quantitative estimate of drug-likeness (QED) is 0.798. The van der Waals surface area contributed by atoms with E-state index in [1.54, 1.807) is 44.8 Å². The van der Waals surface area contributed by atoms with Gasteiger partial charge < -0.3 is 14.6 Å². The average Bonchev–Trinajstić information content (AvgIpc) is 2.70. The SMILES string of the molecule is COc1cccc(OC)c1[C@H](C(=O)O)N1CCN(Cc2ccncc2)CC1. The lowest BCUT2D eigenvalue weighted by atomic mass is 10.0. The third kappa shape index (κ3) is 4.37. The number of benzene rings is 1. The molecule has 27 heavy (non-hydrogen) atoms. The largest absolute Gasteiger partial charge is 0.496 e. The summed E-state index contributed by atoms with van der Waals surface area (Å²) in [6.07, 6.45) is 3.58. The van der Waals surface area contributed by atoms with E-state index in [1.807, 2.05) is 17.0 Å². The van der Waals surface area contributed by atoms with E-state index < -0.39 is 12.0 Å². The highest BCUT2D eigenvalue weighted by atomic mass is 16.5. The van der Waals surface area contributed by atoms with Crippen LogP contribution in [0.2, 0.25) is 0 Å². The summed E-state index contributed by atoms with van der Waals surface area (Å²) in [4.78, 5) is 20.5. The summed E-state index contributed by atoms with van der Waals surface area (Å²) in [7, 11) is 3.09. The van der Waals surface area contributed by atoms with Gasteiger partial charge in [0.2, 0.25) is 0 Å². The summed E-state index contributed by atoms with van der Waals surface area (Å²) in [6, 6.07) is 8.55. The molecule has 0 bridgehead atoms. The van der Waals surface area contributed by atoms with Gasteiger partial charge in [-0.05, 0) is 29.8 Å². The van der Waals surface area contributed by atoms with Crippen molar-refractivity contribution in [2.75, 3.05) is 40.4 Å². The van der Waals surface area contributed by atoms with Crippen LogP contribution in [0.4, 0.5) is 0 Å². The van der Waals surface area contributed by atoms with Crippen LogP contribution in [0.3, 0.4) is 0 Å².